The third-order valence-electron chi connectivity index (χ3n) is 3.00. The molecule has 18 heavy (non-hydrogen) atoms. The van der Waals surface area contributed by atoms with E-state index < -0.39 is 0 Å². The fourth-order valence-electron chi connectivity index (χ4n) is 1.83. The van der Waals surface area contributed by atoms with Crippen molar-refractivity contribution in [3.63, 3.8) is 0 Å². The van der Waals surface area contributed by atoms with Gasteiger partial charge < -0.3 is 9.47 Å². The normalized spacial score (nSPS) is 11.9. The molecule has 0 fully saturated rings. The first-order valence-electron chi connectivity index (χ1n) is 6.50. The monoisotopic (exact) mass is 250 g/mol. The summed E-state index contributed by atoms with van der Waals surface area (Å²) in [4.78, 5) is 11.8. The van der Waals surface area contributed by atoms with Crippen LogP contribution >= 0.6 is 0 Å². The Bertz CT molecular complexity index is 357. The molecule has 0 saturated carbocycles. The number of methoxy groups -OCH3 is 1. The smallest absolute Gasteiger partial charge is 0.309 e. The molecule has 0 aromatic heterocycles. The topological polar surface area (TPSA) is 35.5 Å². The minimum absolute atomic E-state index is 0.0354. The maximum atomic E-state index is 11.8. The first kappa shape index (κ1) is 14.6. The van der Waals surface area contributed by atoms with E-state index in [1.807, 2.05) is 31.2 Å². The van der Waals surface area contributed by atoms with Crippen LogP contribution in [0.5, 0.6) is 5.75 Å². The molecule has 1 unspecified atom stereocenters. The van der Waals surface area contributed by atoms with Gasteiger partial charge in [0.1, 0.15) is 12.4 Å². The average molecular weight is 250 g/mol. The molecule has 0 aliphatic rings. The highest BCUT2D eigenvalue weighted by Crippen LogP contribution is 2.15. The van der Waals surface area contributed by atoms with Gasteiger partial charge in [0.15, 0.2) is 0 Å². The highest BCUT2D eigenvalue weighted by Gasteiger charge is 2.16. The van der Waals surface area contributed by atoms with Crippen molar-refractivity contribution in [2.24, 2.45) is 5.92 Å². The molecular formula is C15H22O3. The van der Waals surface area contributed by atoms with Crippen molar-refractivity contribution < 1.29 is 14.3 Å². The summed E-state index contributed by atoms with van der Waals surface area (Å²) < 4.78 is 10.4. The first-order chi connectivity index (χ1) is 8.71. The number of ether oxygens (including phenoxy) is 2. The number of hydrogen-bond donors (Lipinski definition) is 0. The van der Waals surface area contributed by atoms with Gasteiger partial charge in [0.25, 0.3) is 0 Å². The van der Waals surface area contributed by atoms with Crippen LogP contribution < -0.4 is 4.74 Å². The minimum Gasteiger partial charge on any atom is -0.497 e. The molecule has 0 amide bonds. The lowest BCUT2D eigenvalue weighted by Crippen LogP contribution is -2.16. The van der Waals surface area contributed by atoms with Gasteiger partial charge in [-0.2, -0.15) is 0 Å². The van der Waals surface area contributed by atoms with Gasteiger partial charge in [-0.15, -0.1) is 0 Å². The molecule has 0 N–H and O–H groups in total. The van der Waals surface area contributed by atoms with Crippen molar-refractivity contribution >= 4 is 5.97 Å². The van der Waals surface area contributed by atoms with Gasteiger partial charge >= 0.3 is 5.97 Å². The summed E-state index contributed by atoms with van der Waals surface area (Å²) in [5, 5.41) is 0. The third kappa shape index (κ3) is 4.40. The van der Waals surface area contributed by atoms with Crippen molar-refractivity contribution in [3.05, 3.63) is 29.8 Å². The molecule has 3 heteroatoms. The summed E-state index contributed by atoms with van der Waals surface area (Å²) in [6.45, 7) is 4.44. The summed E-state index contributed by atoms with van der Waals surface area (Å²) in [5.74, 6) is 0.755. The zero-order valence-corrected chi connectivity index (χ0v) is 11.4. The Labute approximate surface area is 109 Å². The Morgan fingerprint density at radius 1 is 1.22 bits per heavy atom. The number of hydrogen-bond acceptors (Lipinski definition) is 3. The number of esters is 1. The Morgan fingerprint density at radius 3 is 2.39 bits per heavy atom. The molecule has 0 radical (unpaired) electrons. The van der Waals surface area contributed by atoms with Gasteiger partial charge in [-0.3, -0.25) is 4.79 Å². The molecule has 0 bridgehead atoms. The van der Waals surface area contributed by atoms with Crippen LogP contribution in [0.15, 0.2) is 24.3 Å². The quantitative estimate of drug-likeness (QED) is 0.694. The van der Waals surface area contributed by atoms with E-state index in [1.165, 1.54) is 0 Å². The fourth-order valence-corrected chi connectivity index (χ4v) is 1.83. The second kappa shape index (κ2) is 7.75. The van der Waals surface area contributed by atoms with E-state index in [4.69, 9.17) is 9.47 Å². The Balaban J connectivity index is 2.45. The van der Waals surface area contributed by atoms with Gasteiger partial charge in [0.2, 0.25) is 0 Å². The van der Waals surface area contributed by atoms with Crippen molar-refractivity contribution in [1.29, 1.82) is 0 Å². The highest BCUT2D eigenvalue weighted by molar-refractivity contribution is 5.72. The van der Waals surface area contributed by atoms with E-state index >= 15 is 0 Å². The van der Waals surface area contributed by atoms with Crippen molar-refractivity contribution in [2.75, 3.05) is 7.11 Å². The van der Waals surface area contributed by atoms with Crippen LogP contribution in [0, 0.1) is 5.92 Å². The second-order valence-electron chi connectivity index (χ2n) is 4.35. The summed E-state index contributed by atoms with van der Waals surface area (Å²) in [5.41, 5.74) is 0.982. The zero-order chi connectivity index (χ0) is 13.4. The average Bonchev–Trinajstić information content (AvgIpc) is 2.42. The Hall–Kier alpha value is -1.51. The highest BCUT2D eigenvalue weighted by atomic mass is 16.5. The van der Waals surface area contributed by atoms with E-state index in [-0.39, 0.29) is 11.9 Å². The third-order valence-corrected chi connectivity index (χ3v) is 3.00. The molecule has 0 aliphatic carbocycles. The standard InChI is InChI=1S/C15H22O3/c1-4-6-13(5-2)15(16)18-11-12-7-9-14(17-3)10-8-12/h7-10,13H,4-6,11H2,1-3H3. The minimum atomic E-state index is -0.0878. The molecule has 3 nitrogen and oxygen atoms in total. The summed E-state index contributed by atoms with van der Waals surface area (Å²) in [6.07, 6.45) is 2.75. The van der Waals surface area contributed by atoms with Gasteiger partial charge in [-0.1, -0.05) is 32.4 Å². The molecule has 1 rings (SSSR count). The van der Waals surface area contributed by atoms with Crippen LogP contribution in [0.3, 0.4) is 0 Å². The maximum Gasteiger partial charge on any atom is 0.309 e. The van der Waals surface area contributed by atoms with Gasteiger partial charge in [-0.25, -0.2) is 0 Å². The van der Waals surface area contributed by atoms with Gasteiger partial charge in [0.05, 0.1) is 13.0 Å². The fraction of sp³-hybridized carbons (Fsp3) is 0.533. The van der Waals surface area contributed by atoms with Crippen LogP contribution in [-0.4, -0.2) is 13.1 Å². The molecule has 0 aliphatic heterocycles. The second-order valence-corrected chi connectivity index (χ2v) is 4.35. The lowest BCUT2D eigenvalue weighted by atomic mass is 10.0. The van der Waals surface area contributed by atoms with E-state index in [9.17, 15) is 4.79 Å². The van der Waals surface area contributed by atoms with E-state index in [0.717, 1.165) is 30.6 Å². The molecule has 100 valence electrons. The van der Waals surface area contributed by atoms with Crippen LogP contribution in [0.4, 0.5) is 0 Å². The molecular weight excluding hydrogens is 228 g/mol. The first-order valence-corrected chi connectivity index (χ1v) is 6.50. The van der Waals surface area contributed by atoms with E-state index in [0.29, 0.717) is 6.61 Å². The van der Waals surface area contributed by atoms with Gasteiger partial charge in [-0.05, 0) is 30.5 Å². The maximum absolute atomic E-state index is 11.8. The van der Waals surface area contributed by atoms with Crippen LogP contribution in [0.2, 0.25) is 0 Å². The van der Waals surface area contributed by atoms with Crippen LogP contribution in [0.1, 0.15) is 38.7 Å². The zero-order valence-electron chi connectivity index (χ0n) is 11.4. The number of carbonyl (C=O) groups excluding carboxylic acids is 1. The van der Waals surface area contributed by atoms with Crippen molar-refractivity contribution in [1.82, 2.24) is 0 Å². The van der Waals surface area contributed by atoms with Crippen molar-refractivity contribution in [2.45, 2.75) is 39.7 Å². The van der Waals surface area contributed by atoms with Crippen LogP contribution in [-0.2, 0) is 16.1 Å². The Kier molecular flexibility index (Phi) is 6.26. The van der Waals surface area contributed by atoms with Crippen LogP contribution in [0.25, 0.3) is 0 Å². The summed E-state index contributed by atoms with van der Waals surface area (Å²) >= 11 is 0. The van der Waals surface area contributed by atoms with Crippen molar-refractivity contribution in [3.8, 4) is 5.75 Å². The predicted octanol–water partition coefficient (Wildman–Crippen LogP) is 3.56. The lowest BCUT2D eigenvalue weighted by Gasteiger charge is -2.13. The number of benzene rings is 1. The molecule has 1 atom stereocenters. The number of carbonyl (C=O) groups is 1. The molecule has 1 aromatic rings. The summed E-state index contributed by atoms with van der Waals surface area (Å²) in [7, 11) is 1.63. The molecule has 0 heterocycles. The molecule has 1 aromatic carbocycles. The Morgan fingerprint density at radius 2 is 1.89 bits per heavy atom. The molecule has 0 spiro atoms. The largest absolute Gasteiger partial charge is 0.497 e. The van der Waals surface area contributed by atoms with Gasteiger partial charge in [0, 0.05) is 0 Å². The predicted molar refractivity (Wildman–Crippen MR) is 71.5 cm³/mol. The van der Waals surface area contributed by atoms with E-state index in [2.05, 4.69) is 6.92 Å². The summed E-state index contributed by atoms with van der Waals surface area (Å²) in [6, 6.07) is 7.55. The number of rotatable bonds is 7. The molecule has 0 saturated heterocycles. The lowest BCUT2D eigenvalue weighted by molar-refractivity contribution is -0.150. The SMILES string of the molecule is CCCC(CC)C(=O)OCc1ccc(OC)cc1. The van der Waals surface area contributed by atoms with E-state index in [1.54, 1.807) is 7.11 Å².